The van der Waals surface area contributed by atoms with Crippen molar-refractivity contribution >= 4 is 23.3 Å². The van der Waals surface area contributed by atoms with Gasteiger partial charge in [0.05, 0.1) is 31.4 Å². The number of nitrogens with zero attached hydrogens (tertiary/aromatic N) is 2. The van der Waals surface area contributed by atoms with E-state index < -0.39 is 11.8 Å². The maximum atomic E-state index is 12.9. The van der Waals surface area contributed by atoms with Crippen LogP contribution in [0.15, 0.2) is 24.3 Å². The molecule has 3 heterocycles. The van der Waals surface area contributed by atoms with Gasteiger partial charge in [-0.05, 0) is 31.2 Å². The second-order valence-electron chi connectivity index (χ2n) is 7.03. The van der Waals surface area contributed by atoms with E-state index in [1.54, 1.807) is 24.3 Å². The Morgan fingerprint density at radius 3 is 2.27 bits per heavy atom. The maximum Gasteiger partial charge on any atom is 0.251 e. The number of ketones is 1. The first-order valence-corrected chi connectivity index (χ1v) is 8.99. The summed E-state index contributed by atoms with van der Waals surface area (Å²) >= 11 is 0. The van der Waals surface area contributed by atoms with Gasteiger partial charge in [0, 0.05) is 31.5 Å². The molecule has 3 aliphatic rings. The third kappa shape index (κ3) is 2.96. The molecule has 0 aromatic heterocycles. The van der Waals surface area contributed by atoms with E-state index in [4.69, 9.17) is 9.47 Å². The molecule has 3 aliphatic heterocycles. The van der Waals surface area contributed by atoms with Crippen molar-refractivity contribution in [3.63, 3.8) is 0 Å². The van der Waals surface area contributed by atoms with Gasteiger partial charge in [-0.15, -0.1) is 0 Å². The van der Waals surface area contributed by atoms with E-state index in [1.165, 1.54) is 11.8 Å². The van der Waals surface area contributed by atoms with Crippen molar-refractivity contribution < 1.29 is 23.9 Å². The highest BCUT2D eigenvalue weighted by Gasteiger charge is 2.47. The van der Waals surface area contributed by atoms with Gasteiger partial charge in [0.1, 0.15) is 0 Å². The lowest BCUT2D eigenvalue weighted by Gasteiger charge is -2.39. The minimum atomic E-state index is -0.496. The van der Waals surface area contributed by atoms with Gasteiger partial charge in [-0.3, -0.25) is 19.3 Å². The number of piperidine rings is 1. The molecule has 1 aromatic carbocycles. The molecule has 3 fully saturated rings. The molecule has 26 heavy (non-hydrogen) atoms. The molecule has 0 saturated carbocycles. The van der Waals surface area contributed by atoms with Crippen LogP contribution in [0.4, 0.5) is 5.69 Å². The van der Waals surface area contributed by atoms with Gasteiger partial charge in [0.25, 0.3) is 5.91 Å². The number of carbonyl (C=O) groups is 3. The molecule has 0 radical (unpaired) electrons. The Morgan fingerprint density at radius 2 is 1.69 bits per heavy atom. The van der Waals surface area contributed by atoms with Gasteiger partial charge in [0.2, 0.25) is 5.91 Å². The molecule has 138 valence electrons. The number of anilines is 1. The van der Waals surface area contributed by atoms with Crippen LogP contribution in [-0.4, -0.2) is 60.6 Å². The van der Waals surface area contributed by atoms with Crippen LogP contribution in [-0.2, 0) is 19.1 Å². The van der Waals surface area contributed by atoms with Crippen molar-refractivity contribution in [1.29, 1.82) is 0 Å². The quantitative estimate of drug-likeness (QED) is 0.600. The monoisotopic (exact) mass is 358 g/mol. The summed E-state index contributed by atoms with van der Waals surface area (Å²) in [5.74, 6) is -0.948. The zero-order valence-electron chi connectivity index (χ0n) is 14.8. The van der Waals surface area contributed by atoms with Crippen LogP contribution in [0, 0.1) is 0 Å². The van der Waals surface area contributed by atoms with Gasteiger partial charge >= 0.3 is 0 Å². The van der Waals surface area contributed by atoms with Gasteiger partial charge in [-0.25, -0.2) is 4.90 Å². The summed E-state index contributed by atoms with van der Waals surface area (Å²) in [6, 6.07) is 6.16. The third-order valence-electron chi connectivity index (χ3n) is 5.47. The lowest BCUT2D eigenvalue weighted by Crippen LogP contribution is -2.51. The van der Waals surface area contributed by atoms with E-state index in [9.17, 15) is 14.4 Å². The number of rotatable bonds is 3. The highest BCUT2D eigenvalue weighted by Crippen LogP contribution is 2.34. The zero-order chi connectivity index (χ0) is 18.3. The second-order valence-corrected chi connectivity index (χ2v) is 7.03. The maximum absolute atomic E-state index is 12.9. The molecule has 7 heteroatoms. The Balaban J connectivity index is 1.46. The van der Waals surface area contributed by atoms with Gasteiger partial charge < -0.3 is 9.47 Å². The van der Waals surface area contributed by atoms with Crippen LogP contribution < -0.4 is 4.90 Å². The van der Waals surface area contributed by atoms with Crippen LogP contribution in [0.5, 0.6) is 0 Å². The molecule has 7 nitrogen and oxygen atoms in total. The van der Waals surface area contributed by atoms with E-state index in [2.05, 4.69) is 4.90 Å². The van der Waals surface area contributed by atoms with Crippen LogP contribution in [0.3, 0.4) is 0 Å². The third-order valence-corrected chi connectivity index (χ3v) is 5.47. The fraction of sp³-hybridized carbons (Fsp3) is 0.526. The van der Waals surface area contributed by atoms with Gasteiger partial charge in [-0.1, -0.05) is 0 Å². The SMILES string of the molecule is CC(=O)c1ccc(N2C(=O)C[C@H](N3CCC4(CC3)OCCO4)C2=O)cc1. The van der Waals surface area contributed by atoms with Crippen LogP contribution in [0.2, 0.25) is 0 Å². The predicted molar refractivity (Wildman–Crippen MR) is 92.8 cm³/mol. The van der Waals surface area contributed by atoms with E-state index >= 15 is 0 Å². The highest BCUT2D eigenvalue weighted by atomic mass is 16.7. The largest absolute Gasteiger partial charge is 0.347 e. The van der Waals surface area contributed by atoms with Crippen molar-refractivity contribution in [2.45, 2.75) is 38.0 Å². The molecule has 1 atom stereocenters. The number of likely N-dealkylation sites (tertiary alicyclic amines) is 1. The molecular formula is C19H22N2O5. The summed E-state index contributed by atoms with van der Waals surface area (Å²) in [6.07, 6.45) is 1.60. The van der Waals surface area contributed by atoms with Crippen LogP contribution in [0.1, 0.15) is 36.5 Å². The molecule has 0 unspecified atom stereocenters. The number of Topliss-reactive ketones (excluding diaryl/α,β-unsaturated/α-hetero) is 1. The normalized spacial score (nSPS) is 26.0. The number of hydrogen-bond donors (Lipinski definition) is 0. The first-order chi connectivity index (χ1) is 12.5. The van der Waals surface area contributed by atoms with Crippen molar-refractivity contribution in [3.8, 4) is 0 Å². The van der Waals surface area contributed by atoms with E-state index in [0.29, 0.717) is 50.4 Å². The van der Waals surface area contributed by atoms with Crippen molar-refractivity contribution in [2.24, 2.45) is 0 Å². The molecule has 3 saturated heterocycles. The Hall–Kier alpha value is -2.09. The molecule has 0 N–H and O–H groups in total. The average Bonchev–Trinajstić information content (AvgIpc) is 3.20. The Morgan fingerprint density at radius 1 is 1.08 bits per heavy atom. The van der Waals surface area contributed by atoms with E-state index in [-0.39, 0.29) is 24.0 Å². The van der Waals surface area contributed by atoms with E-state index in [0.717, 1.165) is 0 Å². The summed E-state index contributed by atoms with van der Waals surface area (Å²) in [4.78, 5) is 40.0. The van der Waals surface area contributed by atoms with Crippen molar-refractivity contribution in [1.82, 2.24) is 4.90 Å². The second kappa shape index (κ2) is 6.57. The number of carbonyl (C=O) groups excluding carboxylic acids is 3. The highest BCUT2D eigenvalue weighted by molar-refractivity contribution is 6.22. The number of ether oxygens (including phenoxy) is 2. The summed E-state index contributed by atoms with van der Waals surface area (Å²) in [5, 5.41) is 0. The molecule has 0 aliphatic carbocycles. The smallest absolute Gasteiger partial charge is 0.251 e. The van der Waals surface area contributed by atoms with Crippen molar-refractivity contribution in [2.75, 3.05) is 31.2 Å². The molecule has 2 amide bonds. The van der Waals surface area contributed by atoms with Crippen LogP contribution >= 0.6 is 0 Å². The fourth-order valence-corrected chi connectivity index (χ4v) is 3.98. The molecular weight excluding hydrogens is 336 g/mol. The summed E-state index contributed by atoms with van der Waals surface area (Å²) in [6.45, 7) is 4.05. The zero-order valence-corrected chi connectivity index (χ0v) is 14.8. The fourth-order valence-electron chi connectivity index (χ4n) is 3.98. The number of amides is 2. The predicted octanol–water partition coefficient (Wildman–Crippen LogP) is 1.36. The summed E-state index contributed by atoms with van der Waals surface area (Å²) in [7, 11) is 0. The number of imide groups is 1. The summed E-state index contributed by atoms with van der Waals surface area (Å²) in [5.41, 5.74) is 1.07. The molecule has 0 bridgehead atoms. The minimum Gasteiger partial charge on any atom is -0.347 e. The molecule has 1 spiro atoms. The number of hydrogen-bond acceptors (Lipinski definition) is 6. The number of benzene rings is 1. The molecule has 4 rings (SSSR count). The minimum absolute atomic E-state index is 0.0490. The summed E-state index contributed by atoms with van der Waals surface area (Å²) < 4.78 is 11.4. The standard InChI is InChI=1S/C19H22N2O5/c1-13(22)14-2-4-15(5-3-14)21-17(23)12-16(18(21)24)20-8-6-19(7-9-20)25-10-11-26-19/h2-5,16H,6-12H2,1H3/t16-/m0/s1. The van der Waals surface area contributed by atoms with Gasteiger partial charge in [0.15, 0.2) is 11.6 Å². The lowest BCUT2D eigenvalue weighted by atomic mass is 10.0. The lowest BCUT2D eigenvalue weighted by molar-refractivity contribution is -0.188. The first-order valence-electron chi connectivity index (χ1n) is 8.99. The molecule has 1 aromatic rings. The Bertz CT molecular complexity index is 729. The Labute approximate surface area is 151 Å². The first kappa shape index (κ1) is 17.3. The average molecular weight is 358 g/mol. The van der Waals surface area contributed by atoms with E-state index in [1.807, 2.05) is 0 Å². The topological polar surface area (TPSA) is 76.2 Å². The Kier molecular flexibility index (Phi) is 4.38. The van der Waals surface area contributed by atoms with Crippen molar-refractivity contribution in [3.05, 3.63) is 29.8 Å². The van der Waals surface area contributed by atoms with Gasteiger partial charge in [-0.2, -0.15) is 0 Å². The van der Waals surface area contributed by atoms with Crippen LogP contribution in [0.25, 0.3) is 0 Å².